The lowest BCUT2D eigenvalue weighted by Crippen LogP contribution is -2.69. The number of aliphatic hydroxyl groups excluding tert-OH is 1. The predicted octanol–water partition coefficient (Wildman–Crippen LogP) is 1.32. The molecule has 4 heteroatoms. The second-order valence-corrected chi connectivity index (χ2v) is 10.6. The first-order valence-corrected chi connectivity index (χ1v) is 9.70. The summed E-state index contributed by atoms with van der Waals surface area (Å²) < 4.78 is 0. The third-order valence-electron chi connectivity index (χ3n) is 9.97. The zero-order valence-corrected chi connectivity index (χ0v) is 14.2. The second kappa shape index (κ2) is 3.19. The summed E-state index contributed by atoms with van der Waals surface area (Å²) in [4.78, 5) is 15.9. The van der Waals surface area contributed by atoms with Crippen molar-refractivity contribution in [2.24, 2.45) is 39.9 Å². The summed E-state index contributed by atoms with van der Waals surface area (Å²) in [6, 6.07) is 0.219. The van der Waals surface area contributed by atoms with Gasteiger partial charge < -0.3 is 10.2 Å². The van der Waals surface area contributed by atoms with Gasteiger partial charge in [0.1, 0.15) is 11.5 Å². The molecule has 24 heavy (non-hydrogen) atoms. The average Bonchev–Trinajstić information content (AvgIpc) is 2.84. The van der Waals surface area contributed by atoms with Gasteiger partial charge in [-0.05, 0) is 36.5 Å². The monoisotopic (exact) mass is 327 g/mol. The van der Waals surface area contributed by atoms with Gasteiger partial charge in [0.25, 0.3) is 0 Å². The lowest BCUT2D eigenvalue weighted by Gasteiger charge is -2.64. The van der Waals surface area contributed by atoms with E-state index in [0.717, 1.165) is 25.0 Å². The van der Waals surface area contributed by atoms with Crippen molar-refractivity contribution in [3.63, 3.8) is 0 Å². The molecule has 6 aliphatic carbocycles. The normalized spacial score (nSPS) is 73.0. The first-order valence-electron chi connectivity index (χ1n) is 9.70. The highest BCUT2D eigenvalue weighted by Crippen LogP contribution is 2.88. The number of carbonyl (C=O) groups is 1. The molecule has 9 fully saturated rings. The summed E-state index contributed by atoms with van der Waals surface area (Å²) >= 11 is 0. The molecule has 3 saturated heterocycles. The van der Waals surface area contributed by atoms with E-state index in [2.05, 4.69) is 18.4 Å². The van der Waals surface area contributed by atoms with E-state index in [4.69, 9.17) is 0 Å². The molecule has 4 nitrogen and oxygen atoms in total. The fourth-order valence-corrected chi connectivity index (χ4v) is 10.4. The molecule has 9 bridgehead atoms. The number of fused-ring (bicyclic) bond motifs is 1. The van der Waals surface area contributed by atoms with Crippen molar-refractivity contribution in [3.05, 3.63) is 12.2 Å². The zero-order valence-electron chi connectivity index (χ0n) is 14.2. The van der Waals surface area contributed by atoms with Gasteiger partial charge in [0.2, 0.25) is 0 Å². The predicted molar refractivity (Wildman–Crippen MR) is 85.6 cm³/mol. The standard InChI is InChI=1S/C20H25NO3/c1-9-6-18-7-20(24)16-17(2)4-3-5-19(16)14(18)13(23)10(9)12(22)11(18)15(19)21(20)8-17/h10-12,14-16,22,24H,1,3-8H2,2H3/t10-,11+,12+,14+,15+,16+,17-,18-,19-,20+/m0/s1. The van der Waals surface area contributed by atoms with Crippen LogP contribution in [0.3, 0.4) is 0 Å². The van der Waals surface area contributed by atoms with Crippen LogP contribution in [0.4, 0.5) is 0 Å². The molecule has 6 saturated carbocycles. The van der Waals surface area contributed by atoms with Gasteiger partial charge >= 0.3 is 0 Å². The van der Waals surface area contributed by atoms with Gasteiger partial charge in [0.05, 0.1) is 12.0 Å². The van der Waals surface area contributed by atoms with Gasteiger partial charge in [-0.15, -0.1) is 0 Å². The number of nitrogens with zero attached hydrogens (tertiary/aromatic N) is 1. The van der Waals surface area contributed by atoms with Crippen LogP contribution < -0.4 is 0 Å². The third kappa shape index (κ3) is 0.889. The Hall–Kier alpha value is -0.710. The summed E-state index contributed by atoms with van der Waals surface area (Å²) in [7, 11) is 0. The van der Waals surface area contributed by atoms with Crippen LogP contribution in [-0.2, 0) is 4.79 Å². The largest absolute Gasteiger partial charge is 0.392 e. The van der Waals surface area contributed by atoms with Crippen molar-refractivity contribution in [2.75, 3.05) is 6.54 Å². The lowest BCUT2D eigenvalue weighted by molar-refractivity contribution is -0.232. The molecule has 2 N–H and O–H groups in total. The molecule has 2 spiro atoms. The van der Waals surface area contributed by atoms with Crippen molar-refractivity contribution < 1.29 is 15.0 Å². The van der Waals surface area contributed by atoms with E-state index in [9.17, 15) is 15.0 Å². The van der Waals surface area contributed by atoms with Crippen molar-refractivity contribution in [3.8, 4) is 0 Å². The van der Waals surface area contributed by atoms with Crippen LogP contribution in [0.2, 0.25) is 0 Å². The van der Waals surface area contributed by atoms with Gasteiger partial charge in [0, 0.05) is 35.8 Å². The van der Waals surface area contributed by atoms with Crippen LogP contribution in [0.5, 0.6) is 0 Å². The van der Waals surface area contributed by atoms with Crippen LogP contribution in [0.25, 0.3) is 0 Å². The molecule has 9 aliphatic rings. The van der Waals surface area contributed by atoms with Crippen molar-refractivity contribution in [2.45, 2.75) is 56.9 Å². The van der Waals surface area contributed by atoms with Crippen molar-refractivity contribution in [1.82, 2.24) is 4.90 Å². The smallest absolute Gasteiger partial charge is 0.146 e. The van der Waals surface area contributed by atoms with Gasteiger partial charge in [-0.1, -0.05) is 25.5 Å². The molecule has 9 rings (SSSR count). The molecular formula is C20H25NO3. The van der Waals surface area contributed by atoms with E-state index in [1.807, 2.05) is 0 Å². The van der Waals surface area contributed by atoms with E-state index in [0.29, 0.717) is 6.42 Å². The number of rotatable bonds is 0. The summed E-state index contributed by atoms with van der Waals surface area (Å²) in [6.07, 6.45) is 4.37. The summed E-state index contributed by atoms with van der Waals surface area (Å²) in [6.45, 7) is 7.46. The molecule has 3 aliphatic heterocycles. The van der Waals surface area contributed by atoms with Crippen LogP contribution in [0.1, 0.15) is 39.0 Å². The Morgan fingerprint density at radius 1 is 1.33 bits per heavy atom. The molecule has 0 aromatic rings. The molecule has 0 aromatic carbocycles. The number of piperidine rings is 2. The molecule has 1 unspecified atom stereocenters. The second-order valence-electron chi connectivity index (χ2n) is 10.6. The number of ketones is 1. The number of Topliss-reactive ketones (excluding diaryl/α,β-unsaturated/α-hetero) is 1. The Balaban J connectivity index is 1.58. The van der Waals surface area contributed by atoms with Crippen molar-refractivity contribution >= 4 is 5.78 Å². The number of aliphatic hydroxyl groups is 2. The number of hydrogen-bond donors (Lipinski definition) is 2. The molecule has 11 atom stereocenters. The third-order valence-corrected chi connectivity index (χ3v) is 9.97. The summed E-state index contributed by atoms with van der Waals surface area (Å²) in [5, 5.41) is 23.0. The topological polar surface area (TPSA) is 60.8 Å². The first-order chi connectivity index (χ1) is 11.3. The summed E-state index contributed by atoms with van der Waals surface area (Å²) in [5.74, 6) is 0.401. The van der Waals surface area contributed by atoms with Crippen LogP contribution in [0.15, 0.2) is 12.2 Å². The highest BCUT2D eigenvalue weighted by molar-refractivity contribution is 5.92. The Morgan fingerprint density at radius 3 is 2.92 bits per heavy atom. The van der Waals surface area contributed by atoms with E-state index in [1.54, 1.807) is 0 Å². The van der Waals surface area contributed by atoms with Crippen LogP contribution >= 0.6 is 0 Å². The van der Waals surface area contributed by atoms with E-state index in [1.165, 1.54) is 12.8 Å². The lowest BCUT2D eigenvalue weighted by atomic mass is 9.39. The quantitative estimate of drug-likeness (QED) is 0.659. The van der Waals surface area contributed by atoms with Gasteiger partial charge in [-0.25, -0.2) is 0 Å². The fourth-order valence-electron chi connectivity index (χ4n) is 10.4. The molecular weight excluding hydrogens is 302 g/mol. The van der Waals surface area contributed by atoms with E-state index < -0.39 is 11.8 Å². The molecule has 0 amide bonds. The average molecular weight is 327 g/mol. The maximum Gasteiger partial charge on any atom is 0.146 e. The molecule has 3 heterocycles. The molecule has 0 radical (unpaired) electrons. The van der Waals surface area contributed by atoms with Gasteiger partial charge in [-0.3, -0.25) is 9.69 Å². The highest BCUT2D eigenvalue weighted by Gasteiger charge is 2.93. The minimum atomic E-state index is -0.739. The number of hydrogen-bond acceptors (Lipinski definition) is 4. The Kier molecular flexibility index (Phi) is 1.79. The van der Waals surface area contributed by atoms with E-state index in [-0.39, 0.29) is 51.7 Å². The Bertz CT molecular complexity index is 764. The zero-order chi connectivity index (χ0) is 16.4. The molecule has 128 valence electrons. The minimum Gasteiger partial charge on any atom is -0.392 e. The van der Waals surface area contributed by atoms with Crippen molar-refractivity contribution in [1.29, 1.82) is 0 Å². The fraction of sp³-hybridized carbons (Fsp3) is 0.850. The minimum absolute atomic E-state index is 0.0640. The maximum absolute atomic E-state index is 13.5. The summed E-state index contributed by atoms with van der Waals surface area (Å²) in [5.41, 5.74) is 0.0534. The SMILES string of the molecule is C=C1C[C@@]23C[C@@]4(O)[C@@H]5[C@@]6(C)CCC[C@@]57[C@@H]2C(=O)[C@@H]1[C@@H](O)[C@@H]3[C@H]7N4C6. The highest BCUT2D eigenvalue weighted by atomic mass is 16.3. The van der Waals surface area contributed by atoms with Crippen LogP contribution in [0, 0.1) is 39.9 Å². The van der Waals surface area contributed by atoms with Gasteiger partial charge in [-0.2, -0.15) is 0 Å². The first kappa shape index (κ1) is 13.5. The number of carbonyl (C=O) groups excluding carboxylic acids is 1. The Labute approximate surface area is 141 Å². The Morgan fingerprint density at radius 2 is 2.12 bits per heavy atom. The van der Waals surface area contributed by atoms with Crippen LogP contribution in [-0.4, -0.2) is 45.3 Å². The molecule has 0 aromatic heterocycles. The van der Waals surface area contributed by atoms with Gasteiger partial charge in [0.15, 0.2) is 0 Å². The van der Waals surface area contributed by atoms with E-state index >= 15 is 0 Å². The maximum atomic E-state index is 13.5.